The summed E-state index contributed by atoms with van der Waals surface area (Å²) in [6, 6.07) is 11.0. The third-order valence-electron chi connectivity index (χ3n) is 4.34. The van der Waals surface area contributed by atoms with Crippen LogP contribution in [0.2, 0.25) is 0 Å². The van der Waals surface area contributed by atoms with E-state index in [0.29, 0.717) is 6.42 Å². The van der Waals surface area contributed by atoms with Crippen molar-refractivity contribution in [3.8, 4) is 0 Å². The summed E-state index contributed by atoms with van der Waals surface area (Å²) >= 11 is 1.55. The number of rotatable bonds is 7. The second kappa shape index (κ2) is 8.49. The van der Waals surface area contributed by atoms with E-state index in [2.05, 4.69) is 6.92 Å². The van der Waals surface area contributed by atoms with Gasteiger partial charge in [0.15, 0.2) is 0 Å². The molecule has 2 aromatic rings. The zero-order valence-electron chi connectivity index (χ0n) is 14.0. The third-order valence-corrected chi connectivity index (χ3v) is 5.06. The largest absolute Gasteiger partial charge is 0.207 e. The van der Waals surface area contributed by atoms with Gasteiger partial charge in [0.05, 0.1) is 0 Å². The van der Waals surface area contributed by atoms with Crippen LogP contribution in [0.1, 0.15) is 49.3 Å². The monoisotopic (exact) mass is 334 g/mol. The van der Waals surface area contributed by atoms with Gasteiger partial charge in [-0.15, -0.1) is 11.8 Å². The van der Waals surface area contributed by atoms with Crippen molar-refractivity contribution in [2.75, 3.05) is 6.26 Å². The van der Waals surface area contributed by atoms with Gasteiger partial charge in [-0.1, -0.05) is 32.0 Å². The summed E-state index contributed by atoms with van der Waals surface area (Å²) < 4.78 is 27.9. The molecule has 0 aliphatic carbocycles. The molecule has 0 amide bonds. The molecule has 0 aliphatic heterocycles. The molecule has 23 heavy (non-hydrogen) atoms. The zero-order valence-corrected chi connectivity index (χ0v) is 14.9. The minimum atomic E-state index is -0.123. The molecule has 3 heteroatoms. The minimum Gasteiger partial charge on any atom is -0.207 e. The predicted octanol–water partition coefficient (Wildman–Crippen LogP) is 6.38. The molecular formula is C20H24F2S. The van der Waals surface area contributed by atoms with Gasteiger partial charge in [0.2, 0.25) is 0 Å². The van der Waals surface area contributed by atoms with Crippen molar-refractivity contribution in [1.29, 1.82) is 0 Å². The normalized spacial score (nSPS) is 12.4. The van der Waals surface area contributed by atoms with Crippen molar-refractivity contribution in [1.82, 2.24) is 0 Å². The number of aryl methyl sites for hydroxylation is 2. The Hall–Kier alpha value is -1.35. The van der Waals surface area contributed by atoms with Crippen molar-refractivity contribution in [2.24, 2.45) is 0 Å². The number of thioether (sulfide) groups is 1. The van der Waals surface area contributed by atoms with E-state index in [-0.39, 0.29) is 17.6 Å². The van der Waals surface area contributed by atoms with Gasteiger partial charge in [-0.2, -0.15) is 0 Å². The Kier molecular flexibility index (Phi) is 6.64. The van der Waals surface area contributed by atoms with Gasteiger partial charge < -0.3 is 0 Å². The Morgan fingerprint density at radius 2 is 1.83 bits per heavy atom. The third kappa shape index (κ3) is 4.81. The standard InChI is InChI=1S/C20H24F2S/c1-4-16-9-8-15(12-19(16)21)7-5-6-14(2)18-11-10-17(23-3)13-20(18)22/h8-14H,4-7H2,1-3H3. The van der Waals surface area contributed by atoms with Crippen LogP contribution in [0.5, 0.6) is 0 Å². The van der Waals surface area contributed by atoms with Crippen LogP contribution < -0.4 is 0 Å². The fourth-order valence-electron chi connectivity index (χ4n) is 2.84. The number of halogens is 2. The Bertz CT molecular complexity index is 652. The first-order valence-corrected chi connectivity index (χ1v) is 9.38. The van der Waals surface area contributed by atoms with E-state index in [1.165, 1.54) is 0 Å². The van der Waals surface area contributed by atoms with Gasteiger partial charge in [0.25, 0.3) is 0 Å². The molecule has 0 aromatic heterocycles. The summed E-state index contributed by atoms with van der Waals surface area (Å²) in [4.78, 5) is 0.949. The lowest BCUT2D eigenvalue weighted by Crippen LogP contribution is -1.99. The van der Waals surface area contributed by atoms with E-state index >= 15 is 0 Å². The van der Waals surface area contributed by atoms with E-state index in [1.54, 1.807) is 23.9 Å². The minimum absolute atomic E-state index is 0.114. The molecule has 0 heterocycles. The molecule has 0 N–H and O–H groups in total. The van der Waals surface area contributed by atoms with Crippen molar-refractivity contribution < 1.29 is 8.78 Å². The highest BCUT2D eigenvalue weighted by Crippen LogP contribution is 2.27. The van der Waals surface area contributed by atoms with E-state index in [4.69, 9.17) is 0 Å². The van der Waals surface area contributed by atoms with Crippen LogP contribution in [-0.2, 0) is 12.8 Å². The summed E-state index contributed by atoms with van der Waals surface area (Å²) in [5.74, 6) is -0.0647. The molecule has 0 saturated carbocycles. The lowest BCUT2D eigenvalue weighted by atomic mass is 9.93. The summed E-state index contributed by atoms with van der Waals surface area (Å²) in [5, 5.41) is 0. The molecule has 0 nitrogen and oxygen atoms in total. The molecule has 0 radical (unpaired) electrons. The highest BCUT2D eigenvalue weighted by molar-refractivity contribution is 7.98. The van der Waals surface area contributed by atoms with Crippen LogP contribution in [0, 0.1) is 11.6 Å². The molecule has 124 valence electrons. The Morgan fingerprint density at radius 1 is 1.04 bits per heavy atom. The molecular weight excluding hydrogens is 310 g/mol. The topological polar surface area (TPSA) is 0 Å². The van der Waals surface area contributed by atoms with E-state index in [0.717, 1.165) is 40.8 Å². The number of hydrogen-bond acceptors (Lipinski definition) is 1. The Balaban J connectivity index is 1.92. The summed E-state index contributed by atoms with van der Waals surface area (Å²) in [6.45, 7) is 4.01. The van der Waals surface area contributed by atoms with Crippen LogP contribution in [0.25, 0.3) is 0 Å². The van der Waals surface area contributed by atoms with Gasteiger partial charge >= 0.3 is 0 Å². The summed E-state index contributed by atoms with van der Waals surface area (Å²) in [7, 11) is 0. The Labute approximate surface area is 142 Å². The highest BCUT2D eigenvalue weighted by Gasteiger charge is 2.11. The Morgan fingerprint density at radius 3 is 2.43 bits per heavy atom. The van der Waals surface area contributed by atoms with E-state index in [1.807, 2.05) is 37.4 Å². The van der Waals surface area contributed by atoms with Crippen LogP contribution in [0.15, 0.2) is 41.3 Å². The lowest BCUT2D eigenvalue weighted by Gasteiger charge is -2.14. The lowest BCUT2D eigenvalue weighted by molar-refractivity contribution is 0.559. The average Bonchev–Trinajstić information content (AvgIpc) is 2.54. The number of benzene rings is 2. The van der Waals surface area contributed by atoms with Gasteiger partial charge in [0, 0.05) is 4.90 Å². The van der Waals surface area contributed by atoms with Gasteiger partial charge in [-0.3, -0.25) is 0 Å². The smallest absolute Gasteiger partial charge is 0.127 e. The zero-order chi connectivity index (χ0) is 16.8. The van der Waals surface area contributed by atoms with Crippen LogP contribution >= 0.6 is 11.8 Å². The molecule has 1 atom stereocenters. The molecule has 0 spiro atoms. The van der Waals surface area contributed by atoms with Crippen molar-refractivity contribution >= 4 is 11.8 Å². The van der Waals surface area contributed by atoms with E-state index in [9.17, 15) is 8.78 Å². The first kappa shape index (κ1) is 18.0. The van der Waals surface area contributed by atoms with Crippen LogP contribution in [0.3, 0.4) is 0 Å². The van der Waals surface area contributed by atoms with Gasteiger partial charge in [-0.25, -0.2) is 8.78 Å². The molecule has 2 aromatic carbocycles. The summed E-state index contributed by atoms with van der Waals surface area (Å²) in [6.07, 6.45) is 5.31. The van der Waals surface area contributed by atoms with E-state index < -0.39 is 0 Å². The first-order valence-electron chi connectivity index (χ1n) is 8.15. The second-order valence-corrected chi connectivity index (χ2v) is 6.84. The molecule has 1 unspecified atom stereocenters. The fraction of sp³-hybridized carbons (Fsp3) is 0.400. The highest BCUT2D eigenvalue weighted by atomic mass is 32.2. The maximum Gasteiger partial charge on any atom is 0.127 e. The number of hydrogen-bond donors (Lipinski definition) is 0. The average molecular weight is 334 g/mol. The van der Waals surface area contributed by atoms with Gasteiger partial charge in [0.1, 0.15) is 11.6 Å². The molecule has 0 saturated heterocycles. The maximum atomic E-state index is 14.1. The molecule has 0 fully saturated rings. The van der Waals surface area contributed by atoms with Crippen molar-refractivity contribution in [3.63, 3.8) is 0 Å². The van der Waals surface area contributed by atoms with Crippen molar-refractivity contribution in [2.45, 2.75) is 50.3 Å². The van der Waals surface area contributed by atoms with Crippen LogP contribution in [0.4, 0.5) is 8.78 Å². The maximum absolute atomic E-state index is 14.1. The molecule has 0 bridgehead atoms. The summed E-state index contributed by atoms with van der Waals surface area (Å²) in [5.41, 5.74) is 2.55. The molecule has 0 aliphatic rings. The predicted molar refractivity (Wildman–Crippen MR) is 95.3 cm³/mol. The second-order valence-electron chi connectivity index (χ2n) is 5.96. The molecule has 2 rings (SSSR count). The van der Waals surface area contributed by atoms with Crippen LogP contribution in [-0.4, -0.2) is 6.26 Å². The first-order chi connectivity index (χ1) is 11.0. The quantitative estimate of drug-likeness (QED) is 0.530. The van der Waals surface area contributed by atoms with Gasteiger partial charge in [-0.05, 0) is 72.7 Å². The van der Waals surface area contributed by atoms with Crippen molar-refractivity contribution in [3.05, 3.63) is 64.7 Å². The SMILES string of the molecule is CCc1ccc(CCCC(C)c2ccc(SC)cc2F)cc1F. The fourth-order valence-corrected chi connectivity index (χ4v) is 3.26.